The topological polar surface area (TPSA) is 81.2 Å². The first-order valence-corrected chi connectivity index (χ1v) is 14.3. The molecule has 0 radical (unpaired) electrons. The van der Waals surface area contributed by atoms with Crippen LogP contribution in [0.1, 0.15) is 34.7 Å². The number of benzene rings is 3. The molecule has 5 rings (SSSR count). The molecule has 1 amide bonds. The second-order valence-electron chi connectivity index (χ2n) is 10.0. The summed E-state index contributed by atoms with van der Waals surface area (Å²) in [6, 6.07) is 24.9. The van der Waals surface area contributed by atoms with Gasteiger partial charge in [-0.3, -0.25) is 14.0 Å². The number of sulfonamides is 1. The molecule has 2 atom stereocenters. The number of carbonyl (C=O) groups is 1. The Morgan fingerprint density at radius 1 is 1.03 bits per heavy atom. The van der Waals surface area contributed by atoms with E-state index in [2.05, 4.69) is 4.90 Å². The van der Waals surface area contributed by atoms with E-state index in [-0.39, 0.29) is 36.8 Å². The second kappa shape index (κ2) is 10.7. The minimum absolute atomic E-state index is 0.0267. The zero-order valence-electron chi connectivity index (χ0n) is 21.0. The lowest BCUT2D eigenvalue weighted by Crippen LogP contribution is -2.39. The molecule has 1 fully saturated rings. The number of amides is 1. The SMILES string of the molecule is CN(C(=O)Cc1ccc2c(c1)N(Cc1ccccc1)S(=O)(=O)C2)C(CN1CC[C@H](O)C1)c1ccccc1. The third kappa shape index (κ3) is 5.71. The van der Waals surface area contributed by atoms with E-state index < -0.39 is 10.0 Å². The monoisotopic (exact) mass is 519 g/mol. The van der Waals surface area contributed by atoms with Crippen molar-refractivity contribution in [3.05, 3.63) is 101 Å². The minimum atomic E-state index is -3.46. The van der Waals surface area contributed by atoms with E-state index in [9.17, 15) is 18.3 Å². The van der Waals surface area contributed by atoms with E-state index in [1.165, 1.54) is 4.31 Å². The molecule has 0 aliphatic carbocycles. The maximum absolute atomic E-state index is 13.5. The predicted molar refractivity (Wildman–Crippen MR) is 144 cm³/mol. The Hall–Kier alpha value is -3.20. The third-order valence-electron chi connectivity index (χ3n) is 7.34. The average molecular weight is 520 g/mol. The summed E-state index contributed by atoms with van der Waals surface area (Å²) in [4.78, 5) is 17.5. The molecule has 0 saturated carbocycles. The predicted octanol–water partition coefficient (Wildman–Crippen LogP) is 3.35. The molecule has 2 heterocycles. The minimum Gasteiger partial charge on any atom is -0.392 e. The zero-order valence-corrected chi connectivity index (χ0v) is 21.8. The van der Waals surface area contributed by atoms with Crippen molar-refractivity contribution in [3.63, 3.8) is 0 Å². The number of carbonyl (C=O) groups excluding carboxylic acids is 1. The van der Waals surface area contributed by atoms with Crippen LogP contribution in [-0.4, -0.2) is 62.0 Å². The van der Waals surface area contributed by atoms with Gasteiger partial charge in [0.2, 0.25) is 15.9 Å². The number of hydrogen-bond donors (Lipinski definition) is 1. The molecule has 0 aromatic heterocycles. The van der Waals surface area contributed by atoms with Crippen LogP contribution in [0.15, 0.2) is 78.9 Å². The summed E-state index contributed by atoms with van der Waals surface area (Å²) in [5.74, 6) is -0.0647. The highest BCUT2D eigenvalue weighted by Gasteiger charge is 2.34. The molecule has 3 aromatic rings. The summed E-state index contributed by atoms with van der Waals surface area (Å²) in [6.45, 7) is 2.34. The summed E-state index contributed by atoms with van der Waals surface area (Å²) in [7, 11) is -1.64. The van der Waals surface area contributed by atoms with Crippen LogP contribution in [0.3, 0.4) is 0 Å². The Morgan fingerprint density at radius 3 is 2.41 bits per heavy atom. The number of aliphatic hydroxyl groups excluding tert-OH is 1. The fraction of sp³-hybridized carbons (Fsp3) is 0.345. The first-order chi connectivity index (χ1) is 17.8. The van der Waals surface area contributed by atoms with Crippen LogP contribution >= 0.6 is 0 Å². The molecule has 2 aliphatic heterocycles. The standard InChI is InChI=1S/C29H33N3O4S/c1-30(28(24-10-6-3-7-11-24)20-31-15-14-26(33)19-31)29(34)17-23-12-13-25-21-37(35,36)32(27(25)16-23)18-22-8-4-2-5-9-22/h2-13,16,26,28,33H,14-15,17-21H2,1H3/t26-,28?/m0/s1. The molecule has 0 spiro atoms. The molecule has 37 heavy (non-hydrogen) atoms. The fourth-order valence-electron chi connectivity index (χ4n) is 5.25. The van der Waals surface area contributed by atoms with E-state index in [4.69, 9.17) is 0 Å². The maximum Gasteiger partial charge on any atom is 0.239 e. The van der Waals surface area contributed by atoms with Crippen LogP contribution < -0.4 is 4.31 Å². The second-order valence-corrected chi connectivity index (χ2v) is 11.9. The Bertz CT molecular complexity index is 1350. The molecule has 3 aromatic carbocycles. The molecule has 1 saturated heterocycles. The van der Waals surface area contributed by atoms with Crippen LogP contribution in [0.4, 0.5) is 5.69 Å². The molecule has 1 unspecified atom stereocenters. The van der Waals surface area contributed by atoms with Crippen molar-refractivity contribution in [1.29, 1.82) is 0 Å². The van der Waals surface area contributed by atoms with Crippen molar-refractivity contribution in [3.8, 4) is 0 Å². The highest BCUT2D eigenvalue weighted by Crippen LogP contribution is 2.36. The van der Waals surface area contributed by atoms with Crippen molar-refractivity contribution in [2.75, 3.05) is 31.0 Å². The number of aliphatic hydroxyl groups is 1. The number of nitrogens with zero attached hydrogens (tertiary/aromatic N) is 3. The third-order valence-corrected chi connectivity index (χ3v) is 9.01. The van der Waals surface area contributed by atoms with Crippen LogP contribution in [0.25, 0.3) is 0 Å². The Kier molecular flexibility index (Phi) is 7.33. The van der Waals surface area contributed by atoms with Gasteiger partial charge in [0.25, 0.3) is 0 Å². The van der Waals surface area contributed by atoms with E-state index in [0.29, 0.717) is 18.8 Å². The number of fused-ring (bicyclic) bond motifs is 1. The van der Waals surface area contributed by atoms with E-state index in [0.717, 1.165) is 35.2 Å². The highest BCUT2D eigenvalue weighted by molar-refractivity contribution is 7.92. The summed E-state index contributed by atoms with van der Waals surface area (Å²) < 4.78 is 27.3. The van der Waals surface area contributed by atoms with Gasteiger partial charge in [-0.2, -0.15) is 0 Å². The van der Waals surface area contributed by atoms with Gasteiger partial charge in [0.15, 0.2) is 0 Å². The Labute approximate surface area is 219 Å². The number of rotatable bonds is 8. The van der Waals surface area contributed by atoms with Crippen LogP contribution in [-0.2, 0) is 33.5 Å². The quantitative estimate of drug-likeness (QED) is 0.494. The number of β-amino-alcohol motifs (C(OH)–C–C–N with tert-alkyl or cyclic N) is 1. The number of likely N-dealkylation sites (N-methyl/N-ethyl adjacent to an activating group) is 1. The highest BCUT2D eigenvalue weighted by atomic mass is 32.2. The molecular weight excluding hydrogens is 486 g/mol. The van der Waals surface area contributed by atoms with Crippen LogP contribution in [0, 0.1) is 0 Å². The summed E-state index contributed by atoms with van der Waals surface area (Å²) >= 11 is 0. The lowest BCUT2D eigenvalue weighted by molar-refractivity contribution is -0.131. The van der Waals surface area contributed by atoms with Crippen LogP contribution in [0.2, 0.25) is 0 Å². The van der Waals surface area contributed by atoms with Gasteiger partial charge in [-0.05, 0) is 34.7 Å². The normalized spacial score (nSPS) is 19.5. The van der Waals surface area contributed by atoms with Crippen molar-refractivity contribution in [2.45, 2.75) is 37.3 Å². The molecular formula is C29H33N3O4S. The van der Waals surface area contributed by atoms with Crippen LogP contribution in [0.5, 0.6) is 0 Å². The largest absolute Gasteiger partial charge is 0.392 e. The summed E-state index contributed by atoms with van der Waals surface area (Å²) in [5.41, 5.74) is 4.17. The maximum atomic E-state index is 13.5. The van der Waals surface area contributed by atoms with Crippen molar-refractivity contribution < 1.29 is 18.3 Å². The number of anilines is 1. The first-order valence-electron chi connectivity index (χ1n) is 12.7. The average Bonchev–Trinajstić information content (AvgIpc) is 3.42. The van der Waals surface area contributed by atoms with Crippen molar-refractivity contribution in [1.82, 2.24) is 9.80 Å². The van der Waals surface area contributed by atoms with E-state index in [1.54, 1.807) is 4.90 Å². The van der Waals surface area contributed by atoms with E-state index in [1.807, 2.05) is 85.9 Å². The van der Waals surface area contributed by atoms with Gasteiger partial charge in [-0.25, -0.2) is 8.42 Å². The molecule has 8 heteroatoms. The lowest BCUT2D eigenvalue weighted by Gasteiger charge is -2.32. The fourth-order valence-corrected chi connectivity index (χ4v) is 6.86. The van der Waals surface area contributed by atoms with Gasteiger partial charge in [0.05, 0.1) is 36.6 Å². The summed E-state index contributed by atoms with van der Waals surface area (Å²) in [5, 5.41) is 9.98. The Morgan fingerprint density at radius 2 is 1.73 bits per heavy atom. The summed E-state index contributed by atoms with van der Waals surface area (Å²) in [6.07, 6.45) is 0.602. The molecule has 1 N–H and O–H groups in total. The molecule has 0 bridgehead atoms. The Balaban J connectivity index is 1.35. The van der Waals surface area contributed by atoms with Gasteiger partial charge in [0.1, 0.15) is 0 Å². The van der Waals surface area contributed by atoms with Gasteiger partial charge in [-0.15, -0.1) is 0 Å². The zero-order chi connectivity index (χ0) is 26.0. The van der Waals surface area contributed by atoms with Gasteiger partial charge >= 0.3 is 0 Å². The number of likely N-dealkylation sites (tertiary alicyclic amines) is 1. The number of hydrogen-bond acceptors (Lipinski definition) is 5. The van der Waals surface area contributed by atoms with Gasteiger partial charge in [-0.1, -0.05) is 72.8 Å². The molecule has 2 aliphatic rings. The van der Waals surface area contributed by atoms with Crippen molar-refractivity contribution in [2.24, 2.45) is 0 Å². The molecule has 7 nitrogen and oxygen atoms in total. The molecule has 194 valence electrons. The smallest absolute Gasteiger partial charge is 0.239 e. The first kappa shape index (κ1) is 25.4. The van der Waals surface area contributed by atoms with Crippen molar-refractivity contribution >= 4 is 21.6 Å². The van der Waals surface area contributed by atoms with E-state index >= 15 is 0 Å². The lowest BCUT2D eigenvalue weighted by atomic mass is 10.0. The van der Waals surface area contributed by atoms with Gasteiger partial charge < -0.3 is 10.0 Å². The van der Waals surface area contributed by atoms with Gasteiger partial charge in [0, 0.05) is 26.7 Å².